The third kappa shape index (κ3) is 4.54. The number of rotatable bonds is 5. The first-order valence-electron chi connectivity index (χ1n) is 11.9. The highest BCUT2D eigenvalue weighted by atomic mass is 16.2. The molecular weight excluding hydrogens is 388 g/mol. The van der Waals surface area contributed by atoms with Crippen LogP contribution in [0, 0.1) is 0 Å². The molecule has 2 aliphatic heterocycles. The Bertz CT molecular complexity index is 817. The van der Waals surface area contributed by atoms with Crippen LogP contribution in [0.25, 0.3) is 0 Å². The van der Waals surface area contributed by atoms with E-state index < -0.39 is 5.54 Å². The van der Waals surface area contributed by atoms with Crippen LogP contribution < -0.4 is 0 Å². The second-order valence-corrected chi connectivity index (χ2v) is 9.38. The molecule has 3 aliphatic rings. The lowest BCUT2D eigenvalue weighted by Crippen LogP contribution is -2.59. The van der Waals surface area contributed by atoms with E-state index in [1.165, 1.54) is 19.3 Å². The fourth-order valence-corrected chi connectivity index (χ4v) is 5.58. The molecule has 3 fully saturated rings. The van der Waals surface area contributed by atoms with E-state index in [-0.39, 0.29) is 11.8 Å². The van der Waals surface area contributed by atoms with E-state index in [0.29, 0.717) is 13.0 Å². The van der Waals surface area contributed by atoms with Gasteiger partial charge in [-0.2, -0.15) is 0 Å². The van der Waals surface area contributed by atoms with Gasteiger partial charge in [-0.1, -0.05) is 30.7 Å². The summed E-state index contributed by atoms with van der Waals surface area (Å²) < 4.78 is 0. The number of amides is 2. The van der Waals surface area contributed by atoms with Gasteiger partial charge in [-0.3, -0.25) is 19.5 Å². The predicted molar refractivity (Wildman–Crippen MR) is 123 cm³/mol. The van der Waals surface area contributed by atoms with E-state index in [0.717, 1.165) is 62.6 Å². The summed E-state index contributed by atoms with van der Waals surface area (Å²) in [4.78, 5) is 37.1. The summed E-state index contributed by atoms with van der Waals surface area (Å²) in [6, 6.07) is 8.94. The number of carbonyl (C=O) groups excluding carboxylic acids is 2. The average molecular weight is 425 g/mol. The zero-order valence-corrected chi connectivity index (χ0v) is 19.1. The maximum absolute atomic E-state index is 14.0. The summed E-state index contributed by atoms with van der Waals surface area (Å²) in [6.07, 6.45) is 8.99. The normalized spacial score (nSPS) is 25.6. The molecule has 0 spiro atoms. The number of nitrogens with zero attached hydrogens (tertiary/aromatic N) is 4. The number of carbonyl (C=O) groups is 2. The highest BCUT2D eigenvalue weighted by molar-refractivity contribution is 5.92. The molecule has 2 heterocycles. The van der Waals surface area contributed by atoms with Crippen molar-refractivity contribution in [2.45, 2.75) is 63.5 Å². The van der Waals surface area contributed by atoms with Gasteiger partial charge in [-0.05, 0) is 43.2 Å². The summed E-state index contributed by atoms with van der Waals surface area (Å²) >= 11 is 0. The number of likely N-dealkylation sites (tertiary alicyclic amines) is 1. The highest BCUT2D eigenvalue weighted by Gasteiger charge is 2.50. The molecule has 1 aliphatic carbocycles. The minimum Gasteiger partial charge on any atom is -0.339 e. The van der Waals surface area contributed by atoms with Gasteiger partial charge in [-0.15, -0.1) is 0 Å². The zero-order chi connectivity index (χ0) is 21.8. The molecule has 1 saturated carbocycles. The average Bonchev–Trinajstić information content (AvgIpc) is 3.01. The zero-order valence-electron chi connectivity index (χ0n) is 19.1. The Morgan fingerprint density at radius 3 is 2.45 bits per heavy atom. The Balaban J connectivity index is 1.55. The van der Waals surface area contributed by atoms with Crippen molar-refractivity contribution in [1.29, 1.82) is 0 Å². The molecule has 6 heteroatoms. The van der Waals surface area contributed by atoms with Gasteiger partial charge in [0, 0.05) is 65.4 Å². The molecule has 0 N–H and O–H groups in total. The summed E-state index contributed by atoms with van der Waals surface area (Å²) in [5.41, 5.74) is 1.39. The second kappa shape index (κ2) is 9.51. The van der Waals surface area contributed by atoms with E-state index in [1.807, 2.05) is 23.2 Å². The van der Waals surface area contributed by atoms with Crippen molar-refractivity contribution < 1.29 is 9.59 Å². The molecule has 0 radical (unpaired) electrons. The van der Waals surface area contributed by atoms with Crippen molar-refractivity contribution in [1.82, 2.24) is 14.7 Å². The Hall–Kier alpha value is -2.21. The first-order chi connectivity index (χ1) is 15.0. The Labute approximate surface area is 186 Å². The van der Waals surface area contributed by atoms with Gasteiger partial charge >= 0.3 is 0 Å². The lowest BCUT2D eigenvalue weighted by atomic mass is 9.86. The molecule has 6 nitrogen and oxygen atoms in total. The molecule has 1 unspecified atom stereocenters. The molecule has 0 aromatic heterocycles. The van der Waals surface area contributed by atoms with Gasteiger partial charge < -0.3 is 9.80 Å². The number of hydrogen-bond acceptors (Lipinski definition) is 4. The van der Waals surface area contributed by atoms with Crippen LogP contribution in [0.5, 0.6) is 0 Å². The van der Waals surface area contributed by atoms with Crippen LogP contribution in [-0.4, -0.2) is 84.1 Å². The molecule has 168 valence electrons. The number of hydrogen-bond donors (Lipinski definition) is 0. The highest BCUT2D eigenvalue weighted by Crippen LogP contribution is 2.35. The molecule has 2 amide bonds. The van der Waals surface area contributed by atoms with E-state index in [9.17, 15) is 9.59 Å². The van der Waals surface area contributed by atoms with Crippen molar-refractivity contribution >= 4 is 18.0 Å². The molecule has 2 saturated heterocycles. The summed E-state index contributed by atoms with van der Waals surface area (Å²) in [5.74, 6) is 0.154. The molecule has 0 bridgehead atoms. The quantitative estimate of drug-likeness (QED) is 0.683. The third-order valence-corrected chi connectivity index (χ3v) is 7.43. The molecule has 1 aromatic carbocycles. The van der Waals surface area contributed by atoms with E-state index >= 15 is 0 Å². The third-order valence-electron chi connectivity index (χ3n) is 7.43. The van der Waals surface area contributed by atoms with Crippen molar-refractivity contribution in [3.05, 3.63) is 35.4 Å². The monoisotopic (exact) mass is 424 g/mol. The smallest absolute Gasteiger partial charge is 0.248 e. The fourth-order valence-electron chi connectivity index (χ4n) is 5.58. The standard InChI is InChI=1S/C25H36N4O2/c1-20(30)29-15-4-12-25(29,18-21-8-10-22(11-9-21)19-26-2)24(31)28-14-5-13-27(16-17-28)23-6-3-7-23/h8-11,19,23H,3-7,12-18H2,1-2H3. The molecule has 1 atom stereocenters. The van der Waals surface area contributed by atoms with E-state index in [1.54, 1.807) is 14.0 Å². The van der Waals surface area contributed by atoms with Gasteiger partial charge in [0.1, 0.15) is 5.54 Å². The molecule has 31 heavy (non-hydrogen) atoms. The van der Waals surface area contributed by atoms with Crippen LogP contribution in [0.4, 0.5) is 0 Å². The first-order valence-corrected chi connectivity index (χ1v) is 11.9. The summed E-state index contributed by atoms with van der Waals surface area (Å²) in [7, 11) is 1.76. The minimum atomic E-state index is -0.752. The SMILES string of the molecule is CN=Cc1ccc(CC2(C(=O)N3CCCN(C4CCC4)CC3)CCCN2C(C)=O)cc1. The van der Waals surface area contributed by atoms with Crippen molar-refractivity contribution in [2.75, 3.05) is 39.8 Å². The van der Waals surface area contributed by atoms with Gasteiger partial charge in [0.25, 0.3) is 0 Å². The second-order valence-electron chi connectivity index (χ2n) is 9.38. The lowest BCUT2D eigenvalue weighted by molar-refractivity contribution is -0.150. The maximum Gasteiger partial charge on any atom is 0.248 e. The van der Waals surface area contributed by atoms with Crippen LogP contribution in [0.2, 0.25) is 0 Å². The van der Waals surface area contributed by atoms with E-state index in [2.05, 4.69) is 26.9 Å². The van der Waals surface area contributed by atoms with Gasteiger partial charge in [0.15, 0.2) is 0 Å². The lowest BCUT2D eigenvalue weighted by Gasteiger charge is -2.41. The molecule has 1 aromatic rings. The van der Waals surface area contributed by atoms with E-state index in [4.69, 9.17) is 0 Å². The first kappa shape index (κ1) is 22.0. The van der Waals surface area contributed by atoms with Crippen LogP contribution in [0.3, 0.4) is 0 Å². The van der Waals surface area contributed by atoms with Crippen molar-refractivity contribution in [3.8, 4) is 0 Å². The summed E-state index contributed by atoms with van der Waals surface area (Å²) in [6.45, 7) is 5.88. The molecule has 4 rings (SSSR count). The Morgan fingerprint density at radius 2 is 1.81 bits per heavy atom. The summed E-state index contributed by atoms with van der Waals surface area (Å²) in [5, 5.41) is 0. The minimum absolute atomic E-state index is 0.00602. The largest absolute Gasteiger partial charge is 0.339 e. The number of aliphatic imine (C=N–C) groups is 1. The Kier molecular flexibility index (Phi) is 6.75. The fraction of sp³-hybridized carbons (Fsp3) is 0.640. The maximum atomic E-state index is 14.0. The van der Waals surface area contributed by atoms with Gasteiger partial charge in [0.2, 0.25) is 11.8 Å². The topological polar surface area (TPSA) is 56.2 Å². The van der Waals surface area contributed by atoms with Gasteiger partial charge in [-0.25, -0.2) is 0 Å². The van der Waals surface area contributed by atoms with Crippen molar-refractivity contribution in [2.24, 2.45) is 4.99 Å². The number of benzene rings is 1. The van der Waals surface area contributed by atoms with Gasteiger partial charge in [0.05, 0.1) is 0 Å². The van der Waals surface area contributed by atoms with Crippen molar-refractivity contribution in [3.63, 3.8) is 0 Å². The van der Waals surface area contributed by atoms with Crippen LogP contribution in [0.15, 0.2) is 29.3 Å². The van der Waals surface area contributed by atoms with Crippen LogP contribution in [0.1, 0.15) is 56.6 Å². The predicted octanol–water partition coefficient (Wildman–Crippen LogP) is 2.75. The van der Waals surface area contributed by atoms with Crippen LogP contribution >= 0.6 is 0 Å². The molecular formula is C25H36N4O2. The van der Waals surface area contributed by atoms with Crippen LogP contribution in [-0.2, 0) is 16.0 Å². The Morgan fingerprint density at radius 1 is 1.03 bits per heavy atom.